The van der Waals surface area contributed by atoms with E-state index in [-0.39, 0.29) is 31.6 Å². The molecule has 3 N–H and O–H groups in total. The molecule has 0 saturated heterocycles. The molecule has 0 amide bonds. The number of hydrogen-bond donors (Lipinski definition) is 3. The Kier molecular flexibility index (Phi) is 6.89. The number of carboxylic acids is 1. The van der Waals surface area contributed by atoms with Crippen molar-refractivity contribution in [1.29, 1.82) is 0 Å². The summed E-state index contributed by atoms with van der Waals surface area (Å²) in [5.74, 6) is -5.22. The topological polar surface area (TPSA) is 130 Å². The molecule has 0 bridgehead atoms. The average Bonchev–Trinajstić information content (AvgIpc) is 2.28. The number of carbonyl (C=O) groups is 3. The van der Waals surface area contributed by atoms with Crippen molar-refractivity contribution in [2.24, 2.45) is 0 Å². The van der Waals surface area contributed by atoms with Crippen molar-refractivity contribution in [2.75, 3.05) is 0 Å². The fourth-order valence-electron chi connectivity index (χ4n) is 1.03. The molecule has 0 aromatic heterocycles. The minimum Gasteiger partial charge on any atom is -1.00 e. The van der Waals surface area contributed by atoms with E-state index in [9.17, 15) is 14.4 Å². The fourth-order valence-corrected chi connectivity index (χ4v) is 1.03. The van der Waals surface area contributed by atoms with Crippen molar-refractivity contribution in [3.63, 3.8) is 0 Å². The van der Waals surface area contributed by atoms with Gasteiger partial charge in [0.05, 0.1) is 0 Å². The van der Waals surface area contributed by atoms with Gasteiger partial charge in [-0.3, -0.25) is 0 Å². The van der Waals surface area contributed by atoms with E-state index in [0.29, 0.717) is 0 Å². The van der Waals surface area contributed by atoms with Crippen LogP contribution < -0.4 is 23.5 Å². The molecule has 1 aromatic carbocycles. The number of carbonyl (C=O) groups excluding carboxylic acids is 2. The maximum absolute atomic E-state index is 11.4. The van der Waals surface area contributed by atoms with Crippen molar-refractivity contribution in [3.8, 4) is 5.75 Å². The Hall–Kier alpha value is -1.79. The first-order valence-electron chi connectivity index (χ1n) is 4.53. The smallest absolute Gasteiger partial charge is 1.00 e. The quantitative estimate of drug-likeness (QED) is 0.217. The zero-order valence-electron chi connectivity index (χ0n) is 10.8. The van der Waals surface area contributed by atoms with E-state index in [1.165, 1.54) is 18.2 Å². The monoisotopic (exact) mass is 262 g/mol. The number of aliphatic carboxylic acids is 1. The number of carboxylic acid groups (broad SMARTS) is 1. The van der Waals surface area contributed by atoms with E-state index in [1.807, 2.05) is 0 Å². The number of hydrogen-bond acceptors (Lipinski definition) is 7. The molecule has 10 heteroatoms. The van der Waals surface area contributed by atoms with Crippen molar-refractivity contribution < 1.29 is 59.2 Å². The van der Waals surface area contributed by atoms with Crippen LogP contribution in [-0.4, -0.2) is 40.4 Å². The number of ether oxygens (including phenoxy) is 1. The number of rotatable bonds is 3. The van der Waals surface area contributed by atoms with Crippen LogP contribution in [0.1, 0.15) is 11.8 Å². The fraction of sp³-hybridized carbons (Fsp3) is 0. The molecule has 0 saturated carbocycles. The predicted octanol–water partition coefficient (Wildman–Crippen LogP) is -4.08. The minimum absolute atomic E-state index is 0. The number of para-hydroxylation sites is 1. The van der Waals surface area contributed by atoms with Gasteiger partial charge in [0, 0.05) is 0 Å². The van der Waals surface area contributed by atoms with Crippen molar-refractivity contribution in [1.82, 2.24) is 0 Å². The summed E-state index contributed by atoms with van der Waals surface area (Å²) in [5, 5.41) is 25.5. The van der Waals surface area contributed by atoms with Crippen LogP contribution in [0.15, 0.2) is 24.3 Å². The molecule has 8 nitrogen and oxygen atoms in total. The summed E-state index contributed by atoms with van der Waals surface area (Å²) in [4.78, 5) is 32.3. The van der Waals surface area contributed by atoms with Crippen LogP contribution in [-0.2, 0) is 14.3 Å². The van der Waals surface area contributed by atoms with E-state index in [2.05, 4.69) is 9.39 Å². The van der Waals surface area contributed by atoms with E-state index in [0.717, 1.165) is 6.07 Å². The summed E-state index contributed by atoms with van der Waals surface area (Å²) in [5.41, 5.74) is -0.319. The third-order valence-corrected chi connectivity index (χ3v) is 1.70. The second-order valence-corrected chi connectivity index (χ2v) is 2.92. The van der Waals surface area contributed by atoms with Gasteiger partial charge in [0.25, 0.3) is 0 Å². The predicted molar refractivity (Wildman–Crippen MR) is 56.4 cm³/mol. The molecule has 0 heterocycles. The van der Waals surface area contributed by atoms with Crippen LogP contribution in [0.2, 0.25) is 0 Å². The summed E-state index contributed by atoms with van der Waals surface area (Å²) < 4.78 is 8.46. The van der Waals surface area contributed by atoms with Crippen molar-refractivity contribution in [3.05, 3.63) is 29.8 Å². The molecule has 0 radical (unpaired) electrons. The van der Waals surface area contributed by atoms with Crippen LogP contribution >= 0.6 is 0 Å². The maximum atomic E-state index is 11.4. The number of benzene rings is 1. The Bertz CT molecular complexity index is 495. The molecule has 0 fully saturated rings. The summed E-state index contributed by atoms with van der Waals surface area (Å²) in [6.07, 6.45) is 0. The molecule has 0 aliphatic rings. The summed E-state index contributed by atoms with van der Waals surface area (Å²) in [7, 11) is -2.17. The van der Waals surface area contributed by atoms with Gasteiger partial charge in [0.15, 0.2) is 0 Å². The molecule has 1 aromatic rings. The molecule has 0 aliphatic carbocycles. The number of esters is 2. The van der Waals surface area contributed by atoms with Crippen LogP contribution in [0, 0.1) is 0 Å². The maximum Gasteiger partial charge on any atom is 1.00 e. The summed E-state index contributed by atoms with van der Waals surface area (Å²) >= 11 is 0. The van der Waals surface area contributed by atoms with Gasteiger partial charge < -0.3 is 26.0 Å². The van der Waals surface area contributed by atoms with E-state index < -0.39 is 25.2 Å². The summed E-state index contributed by atoms with van der Waals surface area (Å²) in [6.45, 7) is 0. The van der Waals surface area contributed by atoms with Gasteiger partial charge in [0.2, 0.25) is 0 Å². The van der Waals surface area contributed by atoms with Crippen LogP contribution in [0.25, 0.3) is 0 Å². The second-order valence-electron chi connectivity index (χ2n) is 2.92. The van der Waals surface area contributed by atoms with Gasteiger partial charge in [-0.2, -0.15) is 0 Å². The first kappa shape index (κ1) is 17.2. The van der Waals surface area contributed by atoms with Gasteiger partial charge in [0.1, 0.15) is 11.3 Å². The van der Waals surface area contributed by atoms with Gasteiger partial charge in [-0.25, -0.2) is 14.4 Å². The average molecular weight is 262 g/mol. The normalized spacial score (nSPS) is 8.95. The second kappa shape index (κ2) is 7.60. The SMILES string of the molecule is O=C(O)C(=O)OC(=O)c1ccccc1OB(O)O.[H-].[Li+]. The molecule has 0 unspecified atom stereocenters. The molecular weight excluding hydrogens is 254 g/mol. The van der Waals surface area contributed by atoms with Gasteiger partial charge in [-0.05, 0) is 12.1 Å². The van der Waals surface area contributed by atoms with Crippen LogP contribution in [0.4, 0.5) is 0 Å². The summed E-state index contributed by atoms with van der Waals surface area (Å²) in [6, 6.07) is 5.18. The minimum atomic E-state index is -2.17. The van der Waals surface area contributed by atoms with E-state index in [4.69, 9.17) is 15.2 Å². The first-order valence-corrected chi connectivity index (χ1v) is 4.53. The van der Waals surface area contributed by atoms with E-state index >= 15 is 0 Å². The third kappa shape index (κ3) is 5.15. The Balaban J connectivity index is 0. The van der Waals surface area contributed by atoms with Crippen LogP contribution in [0.3, 0.4) is 0 Å². The van der Waals surface area contributed by atoms with Gasteiger partial charge in [-0.15, -0.1) is 0 Å². The van der Waals surface area contributed by atoms with Crippen molar-refractivity contribution in [2.45, 2.75) is 0 Å². The zero-order valence-corrected chi connectivity index (χ0v) is 9.77. The Labute approximate surface area is 120 Å². The molecule has 1 rings (SSSR count). The standard InChI is InChI=1S/C9H7BO8.Li.H/c11-7(12)9(14)17-8(13)5-3-1-2-4-6(5)18-10(15)16;;/h1-4,15-16H,(H,11,12);;/q;+1;-1. The largest absolute Gasteiger partial charge is 1.00 e. The Morgan fingerprint density at radius 2 is 1.74 bits per heavy atom. The third-order valence-electron chi connectivity index (χ3n) is 1.70. The molecule has 96 valence electrons. The molecule has 0 aliphatic heterocycles. The molecule has 0 atom stereocenters. The Morgan fingerprint density at radius 1 is 1.16 bits per heavy atom. The molecular formula is C9H8BLiO8. The molecule has 19 heavy (non-hydrogen) atoms. The molecule has 0 spiro atoms. The van der Waals surface area contributed by atoms with Gasteiger partial charge in [-0.1, -0.05) is 12.1 Å². The van der Waals surface area contributed by atoms with E-state index in [1.54, 1.807) is 0 Å². The zero-order chi connectivity index (χ0) is 13.7. The van der Waals surface area contributed by atoms with Crippen molar-refractivity contribution >= 4 is 25.2 Å². The van der Waals surface area contributed by atoms with Crippen LogP contribution in [0.5, 0.6) is 5.75 Å². The van der Waals surface area contributed by atoms with Gasteiger partial charge >= 0.3 is 44.1 Å². The first-order chi connectivity index (χ1) is 8.41. The Morgan fingerprint density at radius 3 is 2.26 bits per heavy atom.